The van der Waals surface area contributed by atoms with Crippen LogP contribution in [0.3, 0.4) is 0 Å². The maximum absolute atomic E-state index is 12.9. The van der Waals surface area contributed by atoms with E-state index in [0.717, 1.165) is 11.0 Å². The first-order valence-electron chi connectivity index (χ1n) is 9.75. The summed E-state index contributed by atoms with van der Waals surface area (Å²) in [5.41, 5.74) is 1.66. The molecule has 7 nitrogen and oxygen atoms in total. The lowest BCUT2D eigenvalue weighted by molar-refractivity contribution is -0.123. The summed E-state index contributed by atoms with van der Waals surface area (Å²) < 4.78 is 5.31. The van der Waals surface area contributed by atoms with E-state index in [-0.39, 0.29) is 13.0 Å². The molecular formula is C22H24Cl2N4O3. The fourth-order valence-corrected chi connectivity index (χ4v) is 3.44. The zero-order valence-electron chi connectivity index (χ0n) is 17.5. The number of fused-ring (bicyclic) bond motifs is 1. The van der Waals surface area contributed by atoms with Crippen LogP contribution in [0.2, 0.25) is 10.0 Å². The number of aromatic amines is 1. The van der Waals surface area contributed by atoms with E-state index in [4.69, 9.17) is 27.9 Å². The summed E-state index contributed by atoms with van der Waals surface area (Å²) in [6.45, 7) is 5.42. The summed E-state index contributed by atoms with van der Waals surface area (Å²) in [6, 6.07) is 11.7. The number of carbonyl (C=O) groups is 2. The van der Waals surface area contributed by atoms with Crippen LogP contribution in [0, 0.1) is 0 Å². The minimum atomic E-state index is -0.905. The Morgan fingerprint density at radius 2 is 1.90 bits per heavy atom. The van der Waals surface area contributed by atoms with Gasteiger partial charge in [0.25, 0.3) is 0 Å². The van der Waals surface area contributed by atoms with Crippen molar-refractivity contribution in [1.82, 2.24) is 20.6 Å². The van der Waals surface area contributed by atoms with Crippen molar-refractivity contribution in [3.8, 4) is 0 Å². The number of carbonyl (C=O) groups excluding carboxylic acids is 2. The zero-order chi connectivity index (χ0) is 22.6. The van der Waals surface area contributed by atoms with Gasteiger partial charge < -0.3 is 20.4 Å². The molecule has 0 spiro atoms. The molecule has 0 saturated heterocycles. The Labute approximate surface area is 190 Å². The van der Waals surface area contributed by atoms with Gasteiger partial charge in [0.2, 0.25) is 5.91 Å². The smallest absolute Gasteiger partial charge is 0.408 e. The molecule has 164 valence electrons. The van der Waals surface area contributed by atoms with Gasteiger partial charge in [0.05, 0.1) is 17.6 Å². The van der Waals surface area contributed by atoms with Crippen molar-refractivity contribution in [2.75, 3.05) is 0 Å². The van der Waals surface area contributed by atoms with Crippen molar-refractivity contribution in [3.63, 3.8) is 0 Å². The van der Waals surface area contributed by atoms with Crippen LogP contribution in [-0.2, 0) is 22.5 Å². The van der Waals surface area contributed by atoms with E-state index in [2.05, 4.69) is 20.6 Å². The molecule has 3 aromatic rings. The number of nitrogens with one attached hydrogen (secondary N) is 3. The largest absolute Gasteiger partial charge is 0.444 e. The summed E-state index contributed by atoms with van der Waals surface area (Å²) in [4.78, 5) is 32.8. The Kier molecular flexibility index (Phi) is 7.08. The fourth-order valence-electron chi connectivity index (χ4n) is 2.95. The van der Waals surface area contributed by atoms with E-state index in [1.54, 1.807) is 39.0 Å². The molecule has 9 heteroatoms. The molecule has 0 fully saturated rings. The van der Waals surface area contributed by atoms with Crippen LogP contribution in [0.1, 0.15) is 32.2 Å². The molecule has 3 N–H and O–H groups in total. The van der Waals surface area contributed by atoms with Gasteiger partial charge in [0.1, 0.15) is 17.5 Å². The number of para-hydroxylation sites is 2. The van der Waals surface area contributed by atoms with Gasteiger partial charge in [0, 0.05) is 16.5 Å². The lowest BCUT2D eigenvalue weighted by atomic mass is 10.1. The molecule has 2 amide bonds. The topological polar surface area (TPSA) is 96.1 Å². The number of alkyl carbamates (subject to hydrolysis) is 1. The van der Waals surface area contributed by atoms with Gasteiger partial charge in [-0.15, -0.1) is 0 Å². The Morgan fingerprint density at radius 1 is 1.16 bits per heavy atom. The molecule has 0 aliphatic carbocycles. The highest BCUT2D eigenvalue weighted by molar-refractivity contribution is 6.35. The molecule has 2 aromatic carbocycles. The minimum Gasteiger partial charge on any atom is -0.444 e. The van der Waals surface area contributed by atoms with Gasteiger partial charge in [-0.2, -0.15) is 0 Å². The number of aromatic nitrogens is 2. The number of hydrogen-bond donors (Lipinski definition) is 3. The molecule has 3 rings (SSSR count). The van der Waals surface area contributed by atoms with Crippen LogP contribution in [0.25, 0.3) is 11.0 Å². The summed E-state index contributed by atoms with van der Waals surface area (Å²) >= 11 is 12.2. The number of amides is 2. The molecule has 0 unspecified atom stereocenters. The van der Waals surface area contributed by atoms with Crippen LogP contribution >= 0.6 is 23.2 Å². The standard InChI is InChI=1S/C22H24Cl2N4O3/c1-22(2,3)31-21(30)28-18(10-13-8-9-14(23)11-15(13)24)20(29)25-12-19-26-16-6-4-5-7-17(16)27-19/h4-9,11,18H,10,12H2,1-3H3,(H,25,29)(H,26,27)(H,28,30)/t18-/m0/s1. The second kappa shape index (κ2) is 9.58. The summed E-state index contributed by atoms with van der Waals surface area (Å²) in [5.74, 6) is 0.215. The SMILES string of the molecule is CC(C)(C)OC(=O)N[C@@H](Cc1ccc(Cl)cc1Cl)C(=O)NCc1nc2ccccc2[nH]1. The highest BCUT2D eigenvalue weighted by Gasteiger charge is 2.25. The number of benzene rings is 2. The highest BCUT2D eigenvalue weighted by Crippen LogP contribution is 2.22. The first-order chi connectivity index (χ1) is 14.6. The number of rotatable bonds is 6. The second-order valence-corrected chi connectivity index (χ2v) is 8.90. The average molecular weight is 463 g/mol. The van der Waals surface area contributed by atoms with E-state index in [1.165, 1.54) is 0 Å². The molecule has 0 radical (unpaired) electrons. The summed E-state index contributed by atoms with van der Waals surface area (Å²) in [5, 5.41) is 6.33. The van der Waals surface area contributed by atoms with Gasteiger partial charge >= 0.3 is 6.09 Å². The van der Waals surface area contributed by atoms with Crippen LogP contribution in [0.5, 0.6) is 0 Å². The zero-order valence-corrected chi connectivity index (χ0v) is 19.0. The third-order valence-electron chi connectivity index (χ3n) is 4.32. The highest BCUT2D eigenvalue weighted by atomic mass is 35.5. The van der Waals surface area contributed by atoms with E-state index < -0.39 is 23.6 Å². The van der Waals surface area contributed by atoms with E-state index in [9.17, 15) is 9.59 Å². The maximum atomic E-state index is 12.9. The average Bonchev–Trinajstić information content (AvgIpc) is 3.09. The van der Waals surface area contributed by atoms with Crippen LogP contribution in [-0.4, -0.2) is 33.6 Å². The normalized spacial score (nSPS) is 12.4. The van der Waals surface area contributed by atoms with Crippen molar-refractivity contribution in [3.05, 3.63) is 63.9 Å². The van der Waals surface area contributed by atoms with Crippen molar-refractivity contribution in [2.45, 2.75) is 45.4 Å². The van der Waals surface area contributed by atoms with E-state index in [0.29, 0.717) is 21.4 Å². The first-order valence-corrected chi connectivity index (χ1v) is 10.5. The number of imidazole rings is 1. The first kappa shape index (κ1) is 22.9. The van der Waals surface area contributed by atoms with Gasteiger partial charge in [-0.25, -0.2) is 9.78 Å². The third-order valence-corrected chi connectivity index (χ3v) is 4.90. The lowest BCUT2D eigenvalue weighted by Crippen LogP contribution is -2.49. The van der Waals surface area contributed by atoms with Crippen molar-refractivity contribution >= 4 is 46.2 Å². The van der Waals surface area contributed by atoms with Crippen LogP contribution < -0.4 is 10.6 Å². The van der Waals surface area contributed by atoms with E-state index in [1.807, 2.05) is 24.3 Å². The number of H-pyrrole nitrogens is 1. The minimum absolute atomic E-state index is 0.168. The van der Waals surface area contributed by atoms with Gasteiger partial charge in [-0.3, -0.25) is 4.79 Å². The molecule has 0 aliphatic rings. The molecule has 31 heavy (non-hydrogen) atoms. The van der Waals surface area contributed by atoms with Gasteiger partial charge in [0.15, 0.2) is 0 Å². The van der Waals surface area contributed by atoms with Gasteiger partial charge in [-0.05, 0) is 50.6 Å². The fraction of sp³-hybridized carbons (Fsp3) is 0.318. The number of nitrogens with zero attached hydrogens (tertiary/aromatic N) is 1. The molecule has 0 bridgehead atoms. The van der Waals surface area contributed by atoms with Gasteiger partial charge in [-0.1, -0.05) is 41.4 Å². The Hall–Kier alpha value is -2.77. The molecule has 0 saturated carbocycles. The number of halogens is 2. The molecule has 0 aliphatic heterocycles. The van der Waals surface area contributed by atoms with E-state index >= 15 is 0 Å². The predicted octanol–water partition coefficient (Wildman–Crippen LogP) is 4.62. The molecule has 1 heterocycles. The third kappa shape index (κ3) is 6.60. The summed E-state index contributed by atoms with van der Waals surface area (Å²) in [7, 11) is 0. The van der Waals surface area contributed by atoms with Crippen molar-refractivity contribution in [2.24, 2.45) is 0 Å². The van der Waals surface area contributed by atoms with Crippen molar-refractivity contribution < 1.29 is 14.3 Å². The Morgan fingerprint density at radius 3 is 2.58 bits per heavy atom. The quantitative estimate of drug-likeness (QED) is 0.497. The predicted molar refractivity (Wildman–Crippen MR) is 121 cm³/mol. The van der Waals surface area contributed by atoms with Crippen molar-refractivity contribution in [1.29, 1.82) is 0 Å². The number of hydrogen-bond acceptors (Lipinski definition) is 4. The Balaban J connectivity index is 1.73. The second-order valence-electron chi connectivity index (χ2n) is 8.06. The maximum Gasteiger partial charge on any atom is 0.408 e. The molecular weight excluding hydrogens is 439 g/mol. The monoisotopic (exact) mass is 462 g/mol. The summed E-state index contributed by atoms with van der Waals surface area (Å²) in [6.07, 6.45) is -0.525. The van der Waals surface area contributed by atoms with Crippen LogP contribution in [0.15, 0.2) is 42.5 Å². The van der Waals surface area contributed by atoms with Crippen LogP contribution in [0.4, 0.5) is 4.79 Å². The number of ether oxygens (including phenoxy) is 1. The Bertz CT molecular complexity index is 1060. The molecule has 1 aromatic heterocycles. The molecule has 1 atom stereocenters. The lowest BCUT2D eigenvalue weighted by Gasteiger charge is -2.23.